The lowest BCUT2D eigenvalue weighted by Crippen LogP contribution is -2.12. The van der Waals surface area contributed by atoms with E-state index in [0.29, 0.717) is 11.1 Å². The summed E-state index contributed by atoms with van der Waals surface area (Å²) in [6.07, 6.45) is -0.132. The second kappa shape index (κ2) is 6.27. The highest BCUT2D eigenvalue weighted by molar-refractivity contribution is 6.27. The van der Waals surface area contributed by atoms with Gasteiger partial charge in [0, 0.05) is 11.1 Å². The van der Waals surface area contributed by atoms with Gasteiger partial charge in [0.2, 0.25) is 5.78 Å². The van der Waals surface area contributed by atoms with Gasteiger partial charge in [-0.25, -0.2) is 0 Å². The molecule has 1 aliphatic heterocycles. The van der Waals surface area contributed by atoms with Gasteiger partial charge < -0.3 is 0 Å². The highest BCUT2D eigenvalue weighted by Crippen LogP contribution is 2.25. The predicted octanol–water partition coefficient (Wildman–Crippen LogP) is 3.39. The van der Waals surface area contributed by atoms with Crippen LogP contribution in [0.2, 0.25) is 0 Å². The van der Waals surface area contributed by atoms with E-state index in [1.807, 2.05) is 0 Å². The first-order chi connectivity index (χ1) is 11.2. The number of nitrogens with zero attached hydrogens (tertiary/aromatic N) is 2. The Morgan fingerprint density at radius 1 is 0.783 bits per heavy atom. The molecule has 2 aromatic carbocycles. The van der Waals surface area contributed by atoms with E-state index >= 15 is 0 Å². The molecule has 1 aliphatic rings. The molecule has 1 amide bonds. The van der Waals surface area contributed by atoms with Gasteiger partial charge in [-0.1, -0.05) is 60.7 Å². The van der Waals surface area contributed by atoms with Crippen molar-refractivity contribution in [2.24, 2.45) is 10.2 Å². The van der Waals surface area contributed by atoms with Crippen LogP contribution in [0.25, 0.3) is 0 Å². The van der Waals surface area contributed by atoms with Crippen molar-refractivity contribution in [1.29, 1.82) is 0 Å². The molecule has 0 aromatic heterocycles. The van der Waals surface area contributed by atoms with Crippen LogP contribution in [0, 0.1) is 0 Å². The minimum Gasteiger partial charge on any atom is -0.294 e. The smallest absolute Gasteiger partial charge is 0.294 e. The second-order valence-electron chi connectivity index (χ2n) is 4.99. The Kier molecular flexibility index (Phi) is 4.01. The first-order valence-corrected chi connectivity index (χ1v) is 7.04. The van der Waals surface area contributed by atoms with E-state index < -0.39 is 11.7 Å². The van der Waals surface area contributed by atoms with E-state index in [4.69, 9.17) is 0 Å². The molecule has 0 radical (unpaired) electrons. The maximum absolute atomic E-state index is 12.5. The molecule has 5 heteroatoms. The van der Waals surface area contributed by atoms with Crippen LogP contribution in [-0.4, -0.2) is 17.5 Å². The topological polar surface area (TPSA) is 75.9 Å². The summed E-state index contributed by atoms with van der Waals surface area (Å²) in [4.78, 5) is 36.6. The summed E-state index contributed by atoms with van der Waals surface area (Å²) in [7, 11) is 0. The molecule has 0 atom stereocenters. The average Bonchev–Trinajstić information content (AvgIpc) is 2.96. The van der Waals surface area contributed by atoms with Gasteiger partial charge >= 0.3 is 5.91 Å². The minimum absolute atomic E-state index is 0.123. The van der Waals surface area contributed by atoms with Crippen molar-refractivity contribution in [3.8, 4) is 0 Å². The van der Waals surface area contributed by atoms with Gasteiger partial charge in [-0.15, -0.1) is 5.11 Å². The van der Waals surface area contributed by atoms with Crippen molar-refractivity contribution >= 4 is 17.5 Å². The van der Waals surface area contributed by atoms with Crippen LogP contribution >= 0.6 is 0 Å². The number of benzene rings is 2. The molecule has 112 valence electrons. The Bertz CT molecular complexity index is 837. The van der Waals surface area contributed by atoms with E-state index in [2.05, 4.69) is 10.2 Å². The number of ketones is 2. The van der Waals surface area contributed by atoms with Gasteiger partial charge in [0.25, 0.3) is 0 Å². The van der Waals surface area contributed by atoms with Crippen LogP contribution in [0.1, 0.15) is 27.1 Å². The molecule has 1 heterocycles. The third-order valence-electron chi connectivity index (χ3n) is 3.45. The Labute approximate surface area is 132 Å². The number of amides is 1. The zero-order valence-corrected chi connectivity index (χ0v) is 12.1. The maximum atomic E-state index is 12.5. The molecule has 2 aromatic rings. The third-order valence-corrected chi connectivity index (χ3v) is 3.45. The van der Waals surface area contributed by atoms with Crippen molar-refractivity contribution in [2.45, 2.75) is 6.42 Å². The summed E-state index contributed by atoms with van der Waals surface area (Å²) in [5.74, 6) is -1.38. The Morgan fingerprint density at radius 3 is 1.96 bits per heavy atom. The molecular formula is C18H12N2O3. The SMILES string of the molecule is O=C1N=NC(CC(=O)c2ccccc2)=C1C(=O)c1ccccc1. The fourth-order valence-electron chi connectivity index (χ4n) is 2.29. The van der Waals surface area contributed by atoms with Crippen LogP contribution in [0.4, 0.5) is 0 Å². The standard InChI is InChI=1S/C18H12N2O3/c21-15(12-7-3-1-4-8-12)11-14-16(18(23)20-19-14)17(22)13-9-5-2-6-10-13/h1-10H,11H2. The quantitative estimate of drug-likeness (QED) is 0.627. The normalized spacial score (nSPS) is 13.5. The molecule has 0 aliphatic carbocycles. The summed E-state index contributed by atoms with van der Waals surface area (Å²) in [6.45, 7) is 0. The summed E-state index contributed by atoms with van der Waals surface area (Å²) in [5, 5.41) is 7.15. The van der Waals surface area contributed by atoms with Gasteiger partial charge in [-0.2, -0.15) is 5.11 Å². The maximum Gasteiger partial charge on any atom is 0.301 e. The van der Waals surface area contributed by atoms with E-state index in [9.17, 15) is 14.4 Å². The molecule has 3 rings (SSSR count). The summed E-state index contributed by atoms with van der Waals surface area (Å²) in [6, 6.07) is 17.1. The first-order valence-electron chi connectivity index (χ1n) is 7.04. The van der Waals surface area contributed by atoms with Crippen molar-refractivity contribution < 1.29 is 14.4 Å². The number of azo groups is 1. The third kappa shape index (κ3) is 3.03. The fraction of sp³-hybridized carbons (Fsp3) is 0.0556. The van der Waals surface area contributed by atoms with E-state index in [1.165, 1.54) is 0 Å². The highest BCUT2D eigenvalue weighted by atomic mass is 16.2. The minimum atomic E-state index is -0.699. The fourth-order valence-corrected chi connectivity index (χ4v) is 2.29. The number of hydrogen-bond acceptors (Lipinski definition) is 4. The second-order valence-corrected chi connectivity index (χ2v) is 4.99. The molecule has 0 saturated heterocycles. The molecule has 23 heavy (non-hydrogen) atoms. The van der Waals surface area contributed by atoms with Gasteiger partial charge in [-0.05, 0) is 0 Å². The van der Waals surface area contributed by atoms with Gasteiger partial charge in [-0.3, -0.25) is 14.4 Å². The van der Waals surface area contributed by atoms with Gasteiger partial charge in [0.15, 0.2) is 5.78 Å². The largest absolute Gasteiger partial charge is 0.301 e. The van der Waals surface area contributed by atoms with E-state index in [-0.39, 0.29) is 23.5 Å². The van der Waals surface area contributed by atoms with Crippen LogP contribution in [0.5, 0.6) is 0 Å². The van der Waals surface area contributed by atoms with Crippen molar-refractivity contribution in [1.82, 2.24) is 0 Å². The molecule has 0 spiro atoms. The molecule has 5 nitrogen and oxygen atoms in total. The lowest BCUT2D eigenvalue weighted by molar-refractivity contribution is -0.114. The average molecular weight is 304 g/mol. The molecule has 0 N–H and O–H groups in total. The Morgan fingerprint density at radius 2 is 1.35 bits per heavy atom. The number of hydrogen-bond donors (Lipinski definition) is 0. The summed E-state index contributed by atoms with van der Waals surface area (Å²) < 4.78 is 0. The van der Waals surface area contributed by atoms with Gasteiger partial charge in [0.1, 0.15) is 5.57 Å². The van der Waals surface area contributed by atoms with E-state index in [1.54, 1.807) is 60.7 Å². The molecule has 0 saturated carbocycles. The zero-order valence-electron chi connectivity index (χ0n) is 12.1. The predicted molar refractivity (Wildman–Crippen MR) is 83.1 cm³/mol. The number of carbonyl (C=O) groups excluding carboxylic acids is 3. The molecule has 0 bridgehead atoms. The number of rotatable bonds is 5. The number of Topliss-reactive ketones (excluding diaryl/α,β-unsaturated/α-hetero) is 2. The van der Waals surface area contributed by atoms with Gasteiger partial charge in [0.05, 0.1) is 12.1 Å². The Balaban J connectivity index is 1.91. The van der Waals surface area contributed by atoms with Crippen LogP contribution in [0.15, 0.2) is 82.2 Å². The first kappa shape index (κ1) is 14.7. The lowest BCUT2D eigenvalue weighted by atomic mass is 9.98. The van der Waals surface area contributed by atoms with Crippen molar-refractivity contribution in [2.75, 3.05) is 0 Å². The van der Waals surface area contributed by atoms with Crippen LogP contribution in [-0.2, 0) is 4.79 Å². The van der Waals surface area contributed by atoms with Crippen molar-refractivity contribution in [3.63, 3.8) is 0 Å². The van der Waals surface area contributed by atoms with Crippen LogP contribution < -0.4 is 0 Å². The lowest BCUT2D eigenvalue weighted by Gasteiger charge is -2.03. The number of carbonyl (C=O) groups is 3. The van der Waals surface area contributed by atoms with Crippen molar-refractivity contribution in [3.05, 3.63) is 83.1 Å². The summed E-state index contributed by atoms with van der Waals surface area (Å²) >= 11 is 0. The Hall–Kier alpha value is -3.21. The molecule has 0 fully saturated rings. The zero-order chi connectivity index (χ0) is 16.2. The molecule has 0 unspecified atom stereocenters. The number of allylic oxidation sites excluding steroid dienone is 1. The highest BCUT2D eigenvalue weighted by Gasteiger charge is 2.29. The molecular weight excluding hydrogens is 292 g/mol. The van der Waals surface area contributed by atoms with E-state index in [0.717, 1.165) is 0 Å². The monoisotopic (exact) mass is 304 g/mol. The summed E-state index contributed by atoms with van der Waals surface area (Å²) in [5.41, 5.74) is 0.868. The van der Waals surface area contributed by atoms with Crippen LogP contribution in [0.3, 0.4) is 0 Å².